The minimum atomic E-state index is -3.67. The number of amides is 1. The zero-order valence-corrected chi connectivity index (χ0v) is 18.5. The molecule has 2 aromatic rings. The van der Waals surface area contributed by atoms with Gasteiger partial charge in [0.2, 0.25) is 5.91 Å². The van der Waals surface area contributed by atoms with Gasteiger partial charge in [0.1, 0.15) is 10.7 Å². The Labute approximate surface area is 177 Å². The molecule has 4 rings (SSSR count). The Balaban J connectivity index is 1.51. The van der Waals surface area contributed by atoms with Crippen molar-refractivity contribution < 1.29 is 13.2 Å². The van der Waals surface area contributed by atoms with E-state index in [0.717, 1.165) is 18.5 Å². The number of sulfonamides is 1. The molecule has 0 bridgehead atoms. The second kappa shape index (κ2) is 7.23. The van der Waals surface area contributed by atoms with Crippen LogP contribution in [0.2, 0.25) is 0 Å². The van der Waals surface area contributed by atoms with Crippen LogP contribution >= 0.6 is 0 Å². The Kier molecular flexibility index (Phi) is 4.96. The third-order valence-electron chi connectivity index (χ3n) is 5.60. The van der Waals surface area contributed by atoms with Crippen LogP contribution in [0.25, 0.3) is 0 Å². The number of aryl methyl sites for hydroxylation is 1. The van der Waals surface area contributed by atoms with Crippen molar-refractivity contribution in [3.8, 4) is 0 Å². The molecule has 1 unspecified atom stereocenters. The number of benzene rings is 1. The number of carbonyl (C=O) groups is 1. The van der Waals surface area contributed by atoms with Gasteiger partial charge in [-0.3, -0.25) is 9.48 Å². The highest BCUT2D eigenvalue weighted by atomic mass is 32.2. The minimum Gasteiger partial charge on any atom is -0.355 e. The lowest BCUT2D eigenvalue weighted by Crippen LogP contribution is -2.43. The van der Waals surface area contributed by atoms with E-state index in [0.29, 0.717) is 30.3 Å². The molecular weight excluding hydrogens is 402 g/mol. The van der Waals surface area contributed by atoms with Gasteiger partial charge < -0.3 is 10.2 Å². The first-order valence-corrected chi connectivity index (χ1v) is 11.5. The first-order chi connectivity index (χ1) is 14.1. The minimum absolute atomic E-state index is 0.0853. The number of nitrogens with zero attached hydrogens (tertiary/aromatic N) is 4. The van der Waals surface area contributed by atoms with Gasteiger partial charge in [0, 0.05) is 37.2 Å². The van der Waals surface area contributed by atoms with Crippen molar-refractivity contribution in [2.75, 3.05) is 18.4 Å². The van der Waals surface area contributed by atoms with Gasteiger partial charge in [-0.05, 0) is 25.0 Å². The SMILES string of the molecule is Cn1nc(C(C)(C)C)cc1NC(=O)C1CCCN(C2=NS(=O)(=O)c3ccccc32)C1. The van der Waals surface area contributed by atoms with E-state index in [2.05, 4.69) is 35.6 Å². The predicted molar refractivity (Wildman–Crippen MR) is 115 cm³/mol. The van der Waals surface area contributed by atoms with Gasteiger partial charge in [-0.15, -0.1) is 4.40 Å². The van der Waals surface area contributed by atoms with Crippen molar-refractivity contribution in [2.24, 2.45) is 17.4 Å². The average Bonchev–Trinajstić information content (AvgIpc) is 3.19. The van der Waals surface area contributed by atoms with E-state index in [-0.39, 0.29) is 22.1 Å². The number of likely N-dealkylation sites (tertiary alicyclic amines) is 1. The van der Waals surface area contributed by atoms with E-state index >= 15 is 0 Å². The Hall–Kier alpha value is -2.68. The zero-order chi connectivity index (χ0) is 21.7. The first-order valence-electron chi connectivity index (χ1n) is 10.1. The maximum atomic E-state index is 13.0. The fourth-order valence-corrected chi connectivity index (χ4v) is 5.11. The van der Waals surface area contributed by atoms with Gasteiger partial charge in [0.05, 0.1) is 11.6 Å². The van der Waals surface area contributed by atoms with Gasteiger partial charge in [-0.25, -0.2) is 0 Å². The van der Waals surface area contributed by atoms with Gasteiger partial charge >= 0.3 is 0 Å². The molecule has 2 aliphatic rings. The first kappa shape index (κ1) is 20.6. The van der Waals surface area contributed by atoms with Crippen LogP contribution in [0, 0.1) is 5.92 Å². The number of nitrogens with one attached hydrogen (secondary N) is 1. The van der Waals surface area contributed by atoms with Crippen LogP contribution in [0.1, 0.15) is 44.9 Å². The molecule has 1 fully saturated rings. The van der Waals surface area contributed by atoms with E-state index < -0.39 is 10.0 Å². The van der Waals surface area contributed by atoms with Gasteiger partial charge in [0.25, 0.3) is 10.0 Å². The Morgan fingerprint density at radius 3 is 2.67 bits per heavy atom. The van der Waals surface area contributed by atoms with Crippen LogP contribution in [-0.2, 0) is 27.3 Å². The summed E-state index contributed by atoms with van der Waals surface area (Å²) in [5.74, 6) is 0.759. The maximum Gasteiger partial charge on any atom is 0.285 e. The number of amidine groups is 1. The summed E-state index contributed by atoms with van der Waals surface area (Å²) in [7, 11) is -1.86. The molecule has 9 heteroatoms. The number of hydrogen-bond donors (Lipinski definition) is 1. The van der Waals surface area contributed by atoms with E-state index in [4.69, 9.17) is 0 Å². The normalized spacial score (nSPS) is 20.6. The summed E-state index contributed by atoms with van der Waals surface area (Å²) < 4.78 is 30.4. The zero-order valence-electron chi connectivity index (χ0n) is 17.7. The number of hydrogen-bond acceptors (Lipinski definition) is 5. The topological polar surface area (TPSA) is 96.7 Å². The molecular formula is C21H27N5O3S. The molecule has 0 spiro atoms. The average molecular weight is 430 g/mol. The number of aromatic nitrogens is 2. The van der Waals surface area contributed by atoms with E-state index in [1.807, 2.05) is 18.0 Å². The molecule has 2 aliphatic heterocycles. The summed E-state index contributed by atoms with van der Waals surface area (Å²) in [6.07, 6.45) is 1.53. The van der Waals surface area contributed by atoms with Crippen molar-refractivity contribution in [2.45, 2.75) is 43.9 Å². The third kappa shape index (κ3) is 3.74. The fourth-order valence-electron chi connectivity index (χ4n) is 3.88. The quantitative estimate of drug-likeness (QED) is 0.791. The molecule has 8 nitrogen and oxygen atoms in total. The lowest BCUT2D eigenvalue weighted by Gasteiger charge is -2.33. The lowest BCUT2D eigenvalue weighted by molar-refractivity contribution is -0.121. The molecule has 0 aliphatic carbocycles. The van der Waals surface area contributed by atoms with E-state index in [9.17, 15) is 13.2 Å². The Morgan fingerprint density at radius 1 is 1.23 bits per heavy atom. The maximum absolute atomic E-state index is 13.0. The molecule has 30 heavy (non-hydrogen) atoms. The van der Waals surface area contributed by atoms with Crippen LogP contribution in [0.5, 0.6) is 0 Å². The van der Waals surface area contributed by atoms with Crippen LogP contribution in [-0.4, -0.2) is 47.9 Å². The highest BCUT2D eigenvalue weighted by Crippen LogP contribution is 2.30. The Morgan fingerprint density at radius 2 is 1.97 bits per heavy atom. The smallest absolute Gasteiger partial charge is 0.285 e. The summed E-state index contributed by atoms with van der Waals surface area (Å²) in [6, 6.07) is 8.75. The molecule has 1 aromatic carbocycles. The second-order valence-electron chi connectivity index (χ2n) is 8.95. The summed E-state index contributed by atoms with van der Waals surface area (Å²) in [4.78, 5) is 15.1. The lowest BCUT2D eigenvalue weighted by atomic mass is 9.92. The highest BCUT2D eigenvalue weighted by Gasteiger charge is 2.35. The van der Waals surface area contributed by atoms with Crippen LogP contribution in [0.4, 0.5) is 5.82 Å². The molecule has 1 saturated heterocycles. The summed E-state index contributed by atoms with van der Waals surface area (Å²) in [6.45, 7) is 7.33. The van der Waals surface area contributed by atoms with Gasteiger partial charge in [-0.2, -0.15) is 13.5 Å². The van der Waals surface area contributed by atoms with Crippen LogP contribution < -0.4 is 5.32 Å². The second-order valence-corrected chi connectivity index (χ2v) is 10.5. The van der Waals surface area contributed by atoms with Gasteiger partial charge in [0.15, 0.2) is 5.84 Å². The van der Waals surface area contributed by atoms with Crippen LogP contribution in [0.3, 0.4) is 0 Å². The standard InChI is InChI=1S/C21H27N5O3S/c1-21(2,3)17-12-18(25(4)23-17)22-20(27)14-8-7-11-26(13-14)19-15-9-5-6-10-16(15)30(28,29)24-19/h5-6,9-10,12,14H,7-8,11,13H2,1-4H3,(H,22,27). The molecule has 160 valence electrons. The third-order valence-corrected chi connectivity index (χ3v) is 6.93. The predicted octanol–water partition coefficient (Wildman–Crippen LogP) is 2.52. The fraction of sp³-hybridized carbons (Fsp3) is 0.476. The summed E-state index contributed by atoms with van der Waals surface area (Å²) in [5.41, 5.74) is 1.41. The highest BCUT2D eigenvalue weighted by molar-refractivity contribution is 7.90. The molecule has 1 atom stereocenters. The van der Waals surface area contributed by atoms with Crippen molar-refractivity contribution in [3.05, 3.63) is 41.6 Å². The number of carbonyl (C=O) groups excluding carboxylic acids is 1. The van der Waals surface area contributed by atoms with E-state index in [1.165, 1.54) is 0 Å². The number of rotatable bonds is 2. The molecule has 0 radical (unpaired) electrons. The molecule has 0 saturated carbocycles. The summed E-state index contributed by atoms with van der Waals surface area (Å²) in [5, 5.41) is 7.50. The molecule has 1 aromatic heterocycles. The Bertz CT molecular complexity index is 1130. The number of piperidine rings is 1. The number of fused-ring (bicyclic) bond motifs is 1. The van der Waals surface area contributed by atoms with Gasteiger partial charge in [-0.1, -0.05) is 32.9 Å². The van der Waals surface area contributed by atoms with E-state index in [1.54, 1.807) is 28.9 Å². The largest absolute Gasteiger partial charge is 0.355 e. The molecule has 3 heterocycles. The summed E-state index contributed by atoms with van der Waals surface area (Å²) >= 11 is 0. The monoisotopic (exact) mass is 429 g/mol. The van der Waals surface area contributed by atoms with Crippen LogP contribution in [0.15, 0.2) is 39.6 Å². The van der Waals surface area contributed by atoms with Crippen molar-refractivity contribution in [1.29, 1.82) is 0 Å². The van der Waals surface area contributed by atoms with Crippen molar-refractivity contribution in [1.82, 2.24) is 14.7 Å². The molecule has 1 amide bonds. The molecule has 1 N–H and O–H groups in total. The number of anilines is 1. The van der Waals surface area contributed by atoms with Crippen molar-refractivity contribution >= 4 is 27.6 Å². The van der Waals surface area contributed by atoms with Crippen molar-refractivity contribution in [3.63, 3.8) is 0 Å².